The summed E-state index contributed by atoms with van der Waals surface area (Å²) < 4.78 is 23.9. The minimum absolute atomic E-state index is 0.0895. The van der Waals surface area contributed by atoms with Crippen molar-refractivity contribution in [2.24, 2.45) is 0 Å². The summed E-state index contributed by atoms with van der Waals surface area (Å²) in [6, 6.07) is 9.98. The quantitative estimate of drug-likeness (QED) is 0.831. The summed E-state index contributed by atoms with van der Waals surface area (Å²) in [7, 11) is 1.37. The van der Waals surface area contributed by atoms with Crippen LogP contribution >= 0.6 is 0 Å². The highest BCUT2D eigenvalue weighted by molar-refractivity contribution is 5.72. The molecule has 1 unspecified atom stereocenters. The van der Waals surface area contributed by atoms with Crippen LogP contribution in [0.5, 0.6) is 5.88 Å². The van der Waals surface area contributed by atoms with E-state index in [2.05, 4.69) is 9.97 Å². The second-order valence-corrected chi connectivity index (χ2v) is 6.54. The minimum atomic E-state index is -0.603. The number of piperazine rings is 1. The maximum absolute atomic E-state index is 13.6. The molecular formula is C18H19FN4O3. The second-order valence-electron chi connectivity index (χ2n) is 6.54. The monoisotopic (exact) mass is 358 g/mol. The van der Waals surface area contributed by atoms with E-state index in [1.165, 1.54) is 7.11 Å². The lowest BCUT2D eigenvalue weighted by Crippen LogP contribution is -2.62. The number of rotatable bonds is 4. The zero-order chi connectivity index (χ0) is 18.1. The van der Waals surface area contributed by atoms with E-state index in [9.17, 15) is 9.18 Å². The molecule has 2 fully saturated rings. The van der Waals surface area contributed by atoms with Crippen LogP contribution in [0.15, 0.2) is 36.5 Å². The molecule has 4 rings (SSSR count). The molecule has 0 N–H and O–H groups in total. The first-order valence-corrected chi connectivity index (χ1v) is 8.41. The lowest BCUT2D eigenvalue weighted by atomic mass is 9.88. The van der Waals surface area contributed by atoms with Crippen LogP contribution in [0.4, 0.5) is 15.1 Å². The first-order chi connectivity index (χ1) is 12.6. The second kappa shape index (κ2) is 6.44. The van der Waals surface area contributed by atoms with Crippen molar-refractivity contribution in [1.29, 1.82) is 0 Å². The summed E-state index contributed by atoms with van der Waals surface area (Å²) in [5, 5.41) is 0. The Morgan fingerprint density at radius 1 is 1.31 bits per heavy atom. The summed E-state index contributed by atoms with van der Waals surface area (Å²) in [5.74, 6) is -0.309. The van der Waals surface area contributed by atoms with Gasteiger partial charge in [0, 0.05) is 26.1 Å². The van der Waals surface area contributed by atoms with E-state index in [0.29, 0.717) is 38.6 Å². The van der Waals surface area contributed by atoms with Crippen molar-refractivity contribution in [2.75, 3.05) is 38.3 Å². The largest absolute Gasteiger partial charge is 0.479 e. The van der Waals surface area contributed by atoms with Crippen molar-refractivity contribution in [3.63, 3.8) is 0 Å². The third-order valence-electron chi connectivity index (χ3n) is 4.89. The number of carbonyl (C=O) groups is 1. The molecule has 2 aliphatic heterocycles. The Balaban J connectivity index is 1.64. The van der Waals surface area contributed by atoms with Gasteiger partial charge in [0.2, 0.25) is 11.8 Å². The Hall–Kier alpha value is -2.90. The van der Waals surface area contributed by atoms with Gasteiger partial charge >= 0.3 is 6.09 Å². The molecule has 0 spiro atoms. The molecule has 3 heterocycles. The van der Waals surface area contributed by atoms with Gasteiger partial charge in [-0.3, -0.25) is 4.90 Å². The molecule has 136 valence electrons. The van der Waals surface area contributed by atoms with Crippen LogP contribution in [0, 0.1) is 5.82 Å². The highest BCUT2D eigenvalue weighted by atomic mass is 19.1. The summed E-state index contributed by atoms with van der Waals surface area (Å²) in [5.41, 5.74) is 0.622. The van der Waals surface area contributed by atoms with Gasteiger partial charge in [0.05, 0.1) is 13.3 Å². The topological polar surface area (TPSA) is 67.8 Å². The molecule has 0 bridgehead atoms. The molecule has 1 amide bonds. The van der Waals surface area contributed by atoms with Crippen LogP contribution in [0.1, 0.15) is 5.56 Å². The van der Waals surface area contributed by atoms with Crippen LogP contribution in [0.25, 0.3) is 0 Å². The summed E-state index contributed by atoms with van der Waals surface area (Å²) in [4.78, 5) is 24.2. The normalized spacial score (nSPS) is 22.2. The van der Waals surface area contributed by atoms with Gasteiger partial charge in [-0.1, -0.05) is 30.3 Å². The van der Waals surface area contributed by atoms with Gasteiger partial charge < -0.3 is 14.4 Å². The number of aromatic nitrogens is 2. The van der Waals surface area contributed by atoms with E-state index >= 15 is 0 Å². The average Bonchev–Trinajstić information content (AvgIpc) is 2.99. The van der Waals surface area contributed by atoms with E-state index in [1.807, 2.05) is 35.2 Å². The molecule has 0 radical (unpaired) electrons. The average molecular weight is 358 g/mol. The molecule has 1 atom stereocenters. The first kappa shape index (κ1) is 16.6. The highest BCUT2D eigenvalue weighted by Gasteiger charge is 2.51. The third-order valence-corrected chi connectivity index (χ3v) is 4.89. The van der Waals surface area contributed by atoms with Crippen molar-refractivity contribution in [3.8, 4) is 5.88 Å². The Morgan fingerprint density at radius 2 is 2.12 bits per heavy atom. The maximum atomic E-state index is 13.6. The molecule has 2 aliphatic rings. The Kier molecular flexibility index (Phi) is 4.10. The number of nitrogens with zero attached hydrogens (tertiary/aromatic N) is 4. The number of methoxy groups -OCH3 is 1. The number of hydrogen-bond donors (Lipinski definition) is 0. The van der Waals surface area contributed by atoms with Gasteiger partial charge in [-0.2, -0.15) is 9.37 Å². The first-order valence-electron chi connectivity index (χ1n) is 8.41. The number of carbonyl (C=O) groups excluding carboxylic acids is 1. The lowest BCUT2D eigenvalue weighted by Gasteiger charge is -2.44. The fourth-order valence-electron chi connectivity index (χ4n) is 3.65. The predicted octanol–water partition coefficient (Wildman–Crippen LogP) is 1.88. The predicted molar refractivity (Wildman–Crippen MR) is 91.7 cm³/mol. The van der Waals surface area contributed by atoms with Gasteiger partial charge in [-0.15, -0.1) is 0 Å². The van der Waals surface area contributed by atoms with Crippen molar-refractivity contribution >= 4 is 12.0 Å². The standard InChI is InChI=1S/C18H19FN4O3/c1-25-15-14(19)10-20-16(21-15)22-7-8-23-17(24)26-12-18(23,11-22)9-13-5-3-2-4-6-13/h2-6,10H,7-9,11-12H2,1H3. The summed E-state index contributed by atoms with van der Waals surface area (Å²) in [6.45, 7) is 1.84. The minimum Gasteiger partial charge on any atom is -0.479 e. The number of halogens is 1. The molecular weight excluding hydrogens is 339 g/mol. The van der Waals surface area contributed by atoms with E-state index in [1.54, 1.807) is 4.90 Å². The van der Waals surface area contributed by atoms with Crippen LogP contribution in [-0.2, 0) is 11.2 Å². The zero-order valence-corrected chi connectivity index (χ0v) is 14.4. The van der Waals surface area contributed by atoms with Gasteiger partial charge in [0.15, 0.2) is 0 Å². The lowest BCUT2D eigenvalue weighted by molar-refractivity contribution is 0.139. The van der Waals surface area contributed by atoms with Gasteiger partial charge in [-0.05, 0) is 5.56 Å². The Labute approximate surface area is 150 Å². The Morgan fingerprint density at radius 3 is 2.88 bits per heavy atom. The molecule has 1 aromatic carbocycles. The molecule has 2 saturated heterocycles. The van der Waals surface area contributed by atoms with E-state index in [4.69, 9.17) is 9.47 Å². The summed E-state index contributed by atoms with van der Waals surface area (Å²) >= 11 is 0. The fraction of sp³-hybridized carbons (Fsp3) is 0.389. The maximum Gasteiger partial charge on any atom is 0.410 e. The van der Waals surface area contributed by atoms with Crippen molar-refractivity contribution in [3.05, 3.63) is 47.9 Å². The molecule has 8 heteroatoms. The molecule has 1 aromatic heterocycles. The van der Waals surface area contributed by atoms with E-state index in [-0.39, 0.29) is 12.0 Å². The zero-order valence-electron chi connectivity index (χ0n) is 14.4. The fourth-order valence-corrected chi connectivity index (χ4v) is 3.65. The van der Waals surface area contributed by atoms with Crippen molar-refractivity contribution < 1.29 is 18.7 Å². The van der Waals surface area contributed by atoms with Gasteiger partial charge in [0.25, 0.3) is 5.88 Å². The number of hydrogen-bond acceptors (Lipinski definition) is 6. The number of fused-ring (bicyclic) bond motifs is 1. The number of anilines is 1. The van der Waals surface area contributed by atoms with Crippen LogP contribution in [-0.4, -0.2) is 59.9 Å². The third kappa shape index (κ3) is 2.81. The number of ether oxygens (including phenoxy) is 2. The number of amides is 1. The van der Waals surface area contributed by atoms with E-state index in [0.717, 1.165) is 11.8 Å². The van der Waals surface area contributed by atoms with Crippen molar-refractivity contribution in [2.45, 2.75) is 12.0 Å². The van der Waals surface area contributed by atoms with Crippen LogP contribution < -0.4 is 9.64 Å². The Bertz CT molecular complexity index is 819. The molecule has 0 aliphatic carbocycles. The number of cyclic esters (lactones) is 1. The molecule has 0 saturated carbocycles. The SMILES string of the molecule is COc1nc(N2CCN3C(=O)OCC3(Cc3ccccc3)C2)ncc1F. The van der Waals surface area contributed by atoms with Crippen LogP contribution in [0.3, 0.4) is 0 Å². The van der Waals surface area contributed by atoms with E-state index < -0.39 is 11.4 Å². The molecule has 7 nitrogen and oxygen atoms in total. The molecule has 2 aromatic rings. The van der Waals surface area contributed by atoms with Crippen molar-refractivity contribution in [1.82, 2.24) is 14.9 Å². The number of benzene rings is 1. The van der Waals surface area contributed by atoms with Crippen LogP contribution in [0.2, 0.25) is 0 Å². The smallest absolute Gasteiger partial charge is 0.410 e. The summed E-state index contributed by atoms with van der Waals surface area (Å²) in [6.07, 6.45) is 1.47. The highest BCUT2D eigenvalue weighted by Crippen LogP contribution is 2.33. The van der Waals surface area contributed by atoms with Gasteiger partial charge in [-0.25, -0.2) is 9.78 Å². The molecule has 26 heavy (non-hydrogen) atoms. The van der Waals surface area contributed by atoms with Gasteiger partial charge in [0.1, 0.15) is 12.1 Å².